The second kappa shape index (κ2) is 10.5. The molecule has 1 N–H and O–H groups in total. The lowest BCUT2D eigenvalue weighted by Gasteiger charge is -2.39. The van der Waals surface area contributed by atoms with Crippen LogP contribution in [0.2, 0.25) is 10.0 Å². The summed E-state index contributed by atoms with van der Waals surface area (Å²) in [5.74, 6) is -0.384. The highest BCUT2D eigenvalue weighted by atomic mass is 35.5. The van der Waals surface area contributed by atoms with E-state index in [9.17, 15) is 9.59 Å². The topological polar surface area (TPSA) is 58.6 Å². The van der Waals surface area contributed by atoms with Crippen molar-refractivity contribution in [3.63, 3.8) is 0 Å². The van der Waals surface area contributed by atoms with E-state index in [0.29, 0.717) is 15.6 Å². The Labute approximate surface area is 219 Å². The standard InChI is InChI=1S/C28H36Cl2N2O3/c1-17(2)35-26(34)19-10-8-18(9-11-19)23(12-13-27(3,4)5)32-25(33)24(31-28(32,6)7)20-14-21(29)16-22(30)15-20/h8-11,14-17,23-24,31H,12-13H2,1-7H3/t23-,24?/m1/s1. The maximum Gasteiger partial charge on any atom is 0.338 e. The molecule has 1 unspecified atom stereocenters. The van der Waals surface area contributed by atoms with Gasteiger partial charge in [-0.05, 0) is 87.4 Å². The number of nitrogens with zero attached hydrogens (tertiary/aromatic N) is 1. The summed E-state index contributed by atoms with van der Waals surface area (Å²) in [6, 6.07) is 11.9. The molecule has 2 atom stereocenters. The van der Waals surface area contributed by atoms with Crippen LogP contribution >= 0.6 is 23.2 Å². The van der Waals surface area contributed by atoms with Crippen LogP contribution in [-0.2, 0) is 9.53 Å². The number of hydrogen-bond acceptors (Lipinski definition) is 4. The smallest absolute Gasteiger partial charge is 0.338 e. The highest BCUT2D eigenvalue weighted by molar-refractivity contribution is 6.34. The van der Waals surface area contributed by atoms with Crippen LogP contribution in [0.5, 0.6) is 0 Å². The molecule has 3 rings (SSSR count). The number of amides is 1. The lowest BCUT2D eigenvalue weighted by molar-refractivity contribution is -0.135. The fourth-order valence-electron chi connectivity index (χ4n) is 4.55. The normalized spacial score (nSPS) is 18.7. The van der Waals surface area contributed by atoms with Gasteiger partial charge in [-0.3, -0.25) is 10.1 Å². The van der Waals surface area contributed by atoms with Gasteiger partial charge in [0.05, 0.1) is 23.4 Å². The number of carbonyl (C=O) groups excluding carboxylic acids is 2. The van der Waals surface area contributed by atoms with Crippen LogP contribution in [0.4, 0.5) is 0 Å². The molecule has 2 aromatic rings. The Bertz CT molecular complexity index is 1050. The summed E-state index contributed by atoms with van der Waals surface area (Å²) in [4.78, 5) is 28.2. The third-order valence-corrected chi connectivity index (χ3v) is 6.59. The number of rotatable bonds is 7. The second-order valence-electron chi connectivity index (χ2n) is 11.2. The monoisotopic (exact) mass is 518 g/mol. The molecule has 190 valence electrons. The first-order valence-electron chi connectivity index (χ1n) is 12.1. The van der Waals surface area contributed by atoms with Crippen LogP contribution in [0.3, 0.4) is 0 Å². The largest absolute Gasteiger partial charge is 0.459 e. The maximum absolute atomic E-state index is 13.9. The number of esters is 1. The van der Waals surface area contributed by atoms with Gasteiger partial charge in [-0.2, -0.15) is 0 Å². The van der Waals surface area contributed by atoms with Crippen molar-refractivity contribution in [1.82, 2.24) is 10.2 Å². The van der Waals surface area contributed by atoms with Crippen molar-refractivity contribution in [2.24, 2.45) is 5.41 Å². The molecule has 1 aliphatic heterocycles. The van der Waals surface area contributed by atoms with E-state index in [2.05, 4.69) is 26.1 Å². The Kier molecular flexibility index (Phi) is 8.25. The molecule has 0 spiro atoms. The molecule has 0 bridgehead atoms. The molecule has 0 radical (unpaired) electrons. The van der Waals surface area contributed by atoms with Gasteiger partial charge in [0.2, 0.25) is 5.91 Å². The van der Waals surface area contributed by atoms with Crippen molar-refractivity contribution in [3.05, 3.63) is 69.2 Å². The first kappa shape index (κ1) is 27.5. The van der Waals surface area contributed by atoms with E-state index in [0.717, 1.165) is 24.0 Å². The predicted molar refractivity (Wildman–Crippen MR) is 142 cm³/mol. The summed E-state index contributed by atoms with van der Waals surface area (Å²) >= 11 is 12.5. The van der Waals surface area contributed by atoms with Gasteiger partial charge in [-0.15, -0.1) is 0 Å². The average molecular weight is 520 g/mol. The minimum atomic E-state index is -0.617. The molecule has 1 heterocycles. The third kappa shape index (κ3) is 6.78. The minimum absolute atomic E-state index is 0.0319. The van der Waals surface area contributed by atoms with Gasteiger partial charge in [0.25, 0.3) is 0 Å². The Hall–Kier alpha value is -2.08. The number of nitrogens with one attached hydrogen (secondary N) is 1. The van der Waals surface area contributed by atoms with Gasteiger partial charge in [0.1, 0.15) is 6.04 Å². The first-order valence-corrected chi connectivity index (χ1v) is 12.8. The quantitative estimate of drug-likeness (QED) is 0.389. The Morgan fingerprint density at radius 2 is 1.66 bits per heavy atom. The summed E-state index contributed by atoms with van der Waals surface area (Å²) in [5.41, 5.74) is 1.69. The lowest BCUT2D eigenvalue weighted by Crippen LogP contribution is -2.48. The zero-order chi connectivity index (χ0) is 26.1. The van der Waals surface area contributed by atoms with Gasteiger partial charge in [0.15, 0.2) is 0 Å². The van der Waals surface area contributed by atoms with Crippen molar-refractivity contribution in [1.29, 1.82) is 0 Å². The first-order chi connectivity index (χ1) is 16.2. The van der Waals surface area contributed by atoms with E-state index in [1.165, 1.54) is 0 Å². The van der Waals surface area contributed by atoms with Crippen LogP contribution in [0.1, 0.15) is 94.9 Å². The molecule has 1 amide bonds. The Morgan fingerprint density at radius 1 is 1.09 bits per heavy atom. The second-order valence-corrected chi connectivity index (χ2v) is 12.1. The third-order valence-electron chi connectivity index (χ3n) is 6.16. The van der Waals surface area contributed by atoms with Gasteiger partial charge in [-0.1, -0.05) is 56.1 Å². The SMILES string of the molecule is CC(C)OC(=O)c1ccc([C@@H](CCC(C)(C)C)N2C(=O)C(c3cc(Cl)cc(Cl)c3)NC2(C)C)cc1. The highest BCUT2D eigenvalue weighted by Crippen LogP contribution is 2.41. The fourth-order valence-corrected chi connectivity index (χ4v) is 5.09. The Morgan fingerprint density at radius 3 is 2.17 bits per heavy atom. The van der Waals surface area contributed by atoms with Crippen LogP contribution in [0.15, 0.2) is 42.5 Å². The number of benzene rings is 2. The van der Waals surface area contributed by atoms with E-state index in [1.807, 2.05) is 44.7 Å². The highest BCUT2D eigenvalue weighted by Gasteiger charge is 2.48. The van der Waals surface area contributed by atoms with E-state index in [-0.39, 0.29) is 29.4 Å². The van der Waals surface area contributed by atoms with Crippen LogP contribution in [0, 0.1) is 5.41 Å². The zero-order valence-corrected chi connectivity index (χ0v) is 23.1. The number of halogens is 2. The molecule has 1 aliphatic rings. The predicted octanol–water partition coefficient (Wildman–Crippen LogP) is 7.34. The Balaban J connectivity index is 1.98. The molecular formula is C28H36Cl2N2O3. The average Bonchev–Trinajstić information content (AvgIpc) is 2.96. The number of hydrogen-bond donors (Lipinski definition) is 1. The minimum Gasteiger partial charge on any atom is -0.459 e. The maximum atomic E-state index is 13.9. The summed E-state index contributed by atoms with van der Waals surface area (Å²) < 4.78 is 5.33. The number of carbonyl (C=O) groups is 2. The van der Waals surface area contributed by atoms with Gasteiger partial charge in [-0.25, -0.2) is 4.79 Å². The van der Waals surface area contributed by atoms with Crippen molar-refractivity contribution in [2.45, 2.75) is 85.2 Å². The molecule has 1 saturated heterocycles. The summed E-state index contributed by atoms with van der Waals surface area (Å²) in [6.45, 7) is 14.3. The van der Waals surface area contributed by atoms with Gasteiger partial charge < -0.3 is 9.64 Å². The van der Waals surface area contributed by atoms with E-state index >= 15 is 0 Å². The molecule has 0 aliphatic carbocycles. The molecule has 0 saturated carbocycles. The van der Waals surface area contributed by atoms with E-state index in [1.54, 1.807) is 30.3 Å². The van der Waals surface area contributed by atoms with Gasteiger partial charge >= 0.3 is 5.97 Å². The summed E-state index contributed by atoms with van der Waals surface area (Å²) in [6.07, 6.45) is 1.51. The van der Waals surface area contributed by atoms with Gasteiger partial charge in [0, 0.05) is 10.0 Å². The zero-order valence-electron chi connectivity index (χ0n) is 21.6. The van der Waals surface area contributed by atoms with Crippen LogP contribution < -0.4 is 5.32 Å². The molecule has 2 aromatic carbocycles. The van der Waals surface area contributed by atoms with E-state index < -0.39 is 11.7 Å². The molecule has 5 nitrogen and oxygen atoms in total. The molecule has 0 aromatic heterocycles. The number of ether oxygens (including phenoxy) is 1. The summed E-state index contributed by atoms with van der Waals surface area (Å²) in [5, 5.41) is 4.47. The fraction of sp³-hybridized carbons (Fsp3) is 0.500. The van der Waals surface area contributed by atoms with Crippen LogP contribution in [0.25, 0.3) is 0 Å². The summed E-state index contributed by atoms with van der Waals surface area (Å²) in [7, 11) is 0. The van der Waals surface area contributed by atoms with Crippen molar-refractivity contribution >= 4 is 35.1 Å². The molecular weight excluding hydrogens is 483 g/mol. The van der Waals surface area contributed by atoms with Crippen molar-refractivity contribution in [2.75, 3.05) is 0 Å². The molecule has 7 heteroatoms. The van der Waals surface area contributed by atoms with E-state index in [4.69, 9.17) is 27.9 Å². The molecule has 35 heavy (non-hydrogen) atoms. The van der Waals surface area contributed by atoms with Crippen molar-refractivity contribution < 1.29 is 14.3 Å². The molecule has 1 fully saturated rings. The van der Waals surface area contributed by atoms with Crippen molar-refractivity contribution in [3.8, 4) is 0 Å². The van der Waals surface area contributed by atoms with Crippen LogP contribution in [-0.4, -0.2) is 28.5 Å². The lowest BCUT2D eigenvalue weighted by atomic mass is 9.86.